The van der Waals surface area contributed by atoms with Crippen molar-refractivity contribution in [2.75, 3.05) is 6.61 Å². The molecule has 0 N–H and O–H groups in total. The normalized spacial score (nSPS) is 23.8. The Morgan fingerprint density at radius 3 is 2.27 bits per heavy atom. The van der Waals surface area contributed by atoms with Crippen molar-refractivity contribution in [3.05, 3.63) is 78.9 Å². The summed E-state index contributed by atoms with van der Waals surface area (Å²) in [6.07, 6.45) is 0.625. The molecule has 0 spiro atoms. The predicted molar refractivity (Wildman–Crippen MR) is 84.0 cm³/mol. The number of amides is 2. The molecular weight excluding hydrogens is 278 g/mol. The minimum Gasteiger partial charge on any atom is -0.413 e. The Morgan fingerprint density at radius 2 is 1.68 bits per heavy atom. The van der Waals surface area contributed by atoms with Crippen molar-refractivity contribution >= 4 is 17.7 Å². The van der Waals surface area contributed by atoms with Crippen LogP contribution in [0.1, 0.15) is 11.6 Å². The zero-order valence-corrected chi connectivity index (χ0v) is 12.0. The summed E-state index contributed by atoms with van der Waals surface area (Å²) in [5.74, 6) is -0.387. The molecule has 0 radical (unpaired) electrons. The summed E-state index contributed by atoms with van der Waals surface area (Å²) in [7, 11) is 0. The van der Waals surface area contributed by atoms with Gasteiger partial charge < -0.3 is 4.74 Å². The van der Waals surface area contributed by atoms with Gasteiger partial charge in [-0.1, -0.05) is 55.1 Å². The van der Waals surface area contributed by atoms with Crippen LogP contribution in [0.25, 0.3) is 0 Å². The number of rotatable bonds is 3. The standard InChI is InChI=1S/C18H16NO3/c1-2-17(20)19(15-11-7-4-8-12-15)16(13-22-18(19)21)14-9-5-3-6-10-14/h2-12,16H,1,13H2/q+1/t16-,19?/m0/s1. The second-order valence-corrected chi connectivity index (χ2v) is 5.10. The topological polar surface area (TPSA) is 43.4 Å². The number of benzene rings is 2. The summed E-state index contributed by atoms with van der Waals surface area (Å²) < 4.78 is 4.77. The Morgan fingerprint density at radius 1 is 1.09 bits per heavy atom. The van der Waals surface area contributed by atoms with Crippen LogP contribution >= 0.6 is 0 Å². The van der Waals surface area contributed by atoms with Crippen molar-refractivity contribution in [2.45, 2.75) is 6.04 Å². The number of hydrogen-bond donors (Lipinski definition) is 0. The SMILES string of the molecule is C=CC(=O)[N+]1(c2ccccc2)C(=O)OC[C@H]1c1ccccc1. The Bertz CT molecular complexity index is 712. The maximum absolute atomic E-state index is 12.7. The second kappa shape index (κ2) is 5.58. The number of imide groups is 1. The van der Waals surface area contributed by atoms with Gasteiger partial charge in [0, 0.05) is 23.8 Å². The quantitative estimate of drug-likeness (QED) is 0.641. The molecule has 4 nitrogen and oxygen atoms in total. The van der Waals surface area contributed by atoms with Crippen LogP contribution in [-0.2, 0) is 9.53 Å². The van der Waals surface area contributed by atoms with Crippen LogP contribution in [0.5, 0.6) is 0 Å². The summed E-state index contributed by atoms with van der Waals surface area (Å²) in [6, 6.07) is 18.0. The first-order valence-corrected chi connectivity index (χ1v) is 7.05. The Hall–Kier alpha value is -2.72. The third-order valence-electron chi connectivity index (χ3n) is 3.99. The number of carbonyl (C=O) groups excluding carboxylic acids is 2. The van der Waals surface area contributed by atoms with Gasteiger partial charge in [0.1, 0.15) is 0 Å². The highest BCUT2D eigenvalue weighted by atomic mass is 16.6. The minimum absolute atomic E-state index is 0.164. The van der Waals surface area contributed by atoms with Gasteiger partial charge in [0.15, 0.2) is 18.3 Å². The van der Waals surface area contributed by atoms with Crippen molar-refractivity contribution in [1.82, 2.24) is 4.48 Å². The van der Waals surface area contributed by atoms with E-state index >= 15 is 0 Å². The molecule has 1 aliphatic rings. The summed E-state index contributed by atoms with van der Waals surface area (Å²) in [5.41, 5.74) is 1.47. The molecule has 2 amide bonds. The molecule has 0 bridgehead atoms. The number of hydrogen-bond acceptors (Lipinski definition) is 3. The molecule has 1 fully saturated rings. The molecule has 3 rings (SSSR count). The minimum atomic E-state index is -0.565. The number of cyclic esters (lactones) is 1. The predicted octanol–water partition coefficient (Wildman–Crippen LogP) is 3.60. The van der Waals surface area contributed by atoms with Crippen molar-refractivity contribution < 1.29 is 14.3 Å². The van der Waals surface area contributed by atoms with Crippen molar-refractivity contribution in [3.63, 3.8) is 0 Å². The summed E-state index contributed by atoms with van der Waals surface area (Å²) >= 11 is 0. The molecule has 0 aliphatic carbocycles. The largest absolute Gasteiger partial charge is 0.530 e. The average molecular weight is 294 g/mol. The fourth-order valence-electron chi connectivity index (χ4n) is 2.95. The zero-order chi connectivity index (χ0) is 15.6. The summed E-state index contributed by atoms with van der Waals surface area (Å²) in [5, 5.41) is 0. The van der Waals surface area contributed by atoms with Gasteiger partial charge in [0.25, 0.3) is 0 Å². The van der Waals surface area contributed by atoms with Gasteiger partial charge in [-0.3, -0.25) is 0 Å². The molecule has 4 heteroatoms. The van der Waals surface area contributed by atoms with Crippen LogP contribution < -0.4 is 4.48 Å². The fraction of sp³-hybridized carbons (Fsp3) is 0.111. The van der Waals surface area contributed by atoms with E-state index in [9.17, 15) is 9.59 Å². The summed E-state index contributed by atoms with van der Waals surface area (Å²) in [4.78, 5) is 25.2. The zero-order valence-electron chi connectivity index (χ0n) is 12.0. The van der Waals surface area contributed by atoms with E-state index < -0.39 is 16.6 Å². The van der Waals surface area contributed by atoms with E-state index in [1.54, 1.807) is 24.3 Å². The maximum atomic E-state index is 12.7. The highest BCUT2D eigenvalue weighted by Crippen LogP contribution is 2.41. The van der Waals surface area contributed by atoms with Crippen LogP contribution in [0.3, 0.4) is 0 Å². The molecule has 0 saturated carbocycles. The highest BCUT2D eigenvalue weighted by Gasteiger charge is 2.59. The maximum Gasteiger partial charge on any atom is 0.530 e. The second-order valence-electron chi connectivity index (χ2n) is 5.10. The molecule has 1 unspecified atom stereocenters. The van der Waals surface area contributed by atoms with Crippen molar-refractivity contribution in [1.29, 1.82) is 0 Å². The number of para-hydroxylation sites is 1. The van der Waals surface area contributed by atoms with E-state index in [-0.39, 0.29) is 12.5 Å². The monoisotopic (exact) mass is 294 g/mol. The molecule has 22 heavy (non-hydrogen) atoms. The molecule has 1 heterocycles. The number of quaternary nitrogens is 1. The van der Waals surface area contributed by atoms with Crippen molar-refractivity contribution in [2.24, 2.45) is 0 Å². The first-order chi connectivity index (χ1) is 10.7. The molecule has 2 aromatic rings. The van der Waals surface area contributed by atoms with E-state index in [0.29, 0.717) is 5.69 Å². The first-order valence-electron chi connectivity index (χ1n) is 7.05. The van der Waals surface area contributed by atoms with Gasteiger partial charge in [-0.05, 0) is 0 Å². The molecule has 0 aromatic heterocycles. The van der Waals surface area contributed by atoms with Crippen LogP contribution in [0.15, 0.2) is 73.3 Å². The summed E-state index contributed by atoms with van der Waals surface area (Å²) in [6.45, 7) is 3.73. The van der Waals surface area contributed by atoms with Gasteiger partial charge in [0.2, 0.25) is 0 Å². The molecule has 2 atom stereocenters. The van der Waals surface area contributed by atoms with Crippen LogP contribution in [0, 0.1) is 0 Å². The molecule has 2 aromatic carbocycles. The fourth-order valence-corrected chi connectivity index (χ4v) is 2.95. The lowest BCUT2D eigenvalue weighted by atomic mass is 10.0. The van der Waals surface area contributed by atoms with Gasteiger partial charge in [-0.2, -0.15) is 4.79 Å². The van der Waals surface area contributed by atoms with Gasteiger partial charge >= 0.3 is 12.0 Å². The van der Waals surface area contributed by atoms with Crippen molar-refractivity contribution in [3.8, 4) is 0 Å². The van der Waals surface area contributed by atoms with E-state index in [2.05, 4.69) is 6.58 Å². The number of carbonyl (C=O) groups is 2. The molecule has 1 saturated heterocycles. The molecule has 110 valence electrons. The van der Waals surface area contributed by atoms with E-state index in [4.69, 9.17) is 4.74 Å². The van der Waals surface area contributed by atoms with Gasteiger partial charge in [-0.25, -0.2) is 4.79 Å². The molecule has 1 aliphatic heterocycles. The third kappa shape index (κ3) is 1.96. The smallest absolute Gasteiger partial charge is 0.413 e. The lowest BCUT2D eigenvalue weighted by Crippen LogP contribution is -2.55. The van der Waals surface area contributed by atoms with Crippen LogP contribution in [0.2, 0.25) is 0 Å². The number of ether oxygens (including phenoxy) is 1. The lowest BCUT2D eigenvalue weighted by molar-refractivity contribution is -0.123. The Balaban J connectivity index is 2.24. The Labute approximate surface area is 128 Å². The van der Waals surface area contributed by atoms with E-state index in [1.165, 1.54) is 6.08 Å². The average Bonchev–Trinajstić information content (AvgIpc) is 2.94. The first kappa shape index (κ1) is 14.2. The third-order valence-corrected chi connectivity index (χ3v) is 3.99. The van der Waals surface area contributed by atoms with Gasteiger partial charge in [-0.15, -0.1) is 4.48 Å². The van der Waals surface area contributed by atoms with E-state index in [1.807, 2.05) is 36.4 Å². The Kier molecular flexibility index (Phi) is 3.61. The molecular formula is C18H16NO3+. The number of nitrogens with zero attached hydrogens (tertiary/aromatic N) is 1. The van der Waals surface area contributed by atoms with Crippen LogP contribution in [0.4, 0.5) is 10.5 Å². The van der Waals surface area contributed by atoms with Gasteiger partial charge in [0.05, 0.1) is 0 Å². The van der Waals surface area contributed by atoms with E-state index in [0.717, 1.165) is 5.56 Å². The lowest BCUT2D eigenvalue weighted by Gasteiger charge is -2.30. The highest BCUT2D eigenvalue weighted by molar-refractivity contribution is 6.12. The van der Waals surface area contributed by atoms with Crippen LogP contribution in [-0.4, -0.2) is 18.6 Å².